The lowest BCUT2D eigenvalue weighted by molar-refractivity contribution is -0.156. The van der Waals surface area contributed by atoms with Crippen LogP contribution < -0.4 is 0 Å². The molecular formula is C27H36O7S2. The average Bonchev–Trinajstić information content (AvgIpc) is 2.88. The van der Waals surface area contributed by atoms with E-state index in [1.54, 1.807) is 49.4 Å². The largest absolute Gasteiger partial charge is 0.393 e. The number of aliphatic hydroxyl groups is 1. The summed E-state index contributed by atoms with van der Waals surface area (Å²) in [7, 11) is -8.81. The zero-order chi connectivity index (χ0) is 26.2. The summed E-state index contributed by atoms with van der Waals surface area (Å²) in [6, 6.07) is 15.3. The fraction of sp³-hybridized carbons (Fsp3) is 0.481. The van der Waals surface area contributed by atoms with Crippen LogP contribution in [-0.2, 0) is 29.1 Å². The lowest BCUT2D eigenvalue weighted by Crippen LogP contribution is -2.46. The first-order chi connectivity index (χ1) is 17.1. The van der Waals surface area contributed by atoms with Crippen molar-refractivity contribution in [1.29, 1.82) is 0 Å². The van der Waals surface area contributed by atoms with Crippen molar-refractivity contribution in [3.63, 3.8) is 0 Å². The van der Waals surface area contributed by atoms with Gasteiger partial charge in [-0.05, 0) is 70.2 Å². The molecule has 1 saturated heterocycles. The maximum atomic E-state index is 14.2. The van der Waals surface area contributed by atoms with Crippen LogP contribution in [0.1, 0.15) is 52.4 Å². The van der Waals surface area contributed by atoms with Gasteiger partial charge in [0.1, 0.15) is 0 Å². The molecule has 1 fully saturated rings. The van der Waals surface area contributed by atoms with Crippen LogP contribution >= 0.6 is 0 Å². The van der Waals surface area contributed by atoms with Crippen molar-refractivity contribution in [2.24, 2.45) is 0 Å². The summed E-state index contributed by atoms with van der Waals surface area (Å²) in [6.07, 6.45) is 2.68. The number of allylic oxidation sites excluding steroid dienone is 1. The molecule has 1 N–H and O–H groups in total. The molecule has 1 aliphatic heterocycles. The zero-order valence-electron chi connectivity index (χ0n) is 20.9. The fourth-order valence-electron chi connectivity index (χ4n) is 4.25. The molecule has 2 atom stereocenters. The lowest BCUT2D eigenvalue weighted by Gasteiger charge is -2.33. The van der Waals surface area contributed by atoms with E-state index >= 15 is 0 Å². The molecule has 1 aliphatic rings. The summed E-state index contributed by atoms with van der Waals surface area (Å²) in [6.45, 7) is 4.15. The Morgan fingerprint density at radius 3 is 2.06 bits per heavy atom. The lowest BCUT2D eigenvalue weighted by atomic mass is 10.1. The van der Waals surface area contributed by atoms with Crippen LogP contribution in [0.4, 0.5) is 0 Å². The third-order valence-electron chi connectivity index (χ3n) is 6.43. The van der Waals surface area contributed by atoms with Gasteiger partial charge in [0.05, 0.1) is 22.5 Å². The maximum absolute atomic E-state index is 14.2. The molecule has 3 rings (SSSR count). The van der Waals surface area contributed by atoms with Crippen molar-refractivity contribution in [2.75, 3.05) is 13.2 Å². The Morgan fingerprint density at radius 2 is 1.58 bits per heavy atom. The highest BCUT2D eigenvalue weighted by Crippen LogP contribution is 2.43. The third kappa shape index (κ3) is 6.44. The van der Waals surface area contributed by atoms with Gasteiger partial charge in [0.15, 0.2) is 30.0 Å². The van der Waals surface area contributed by atoms with E-state index < -0.39 is 29.9 Å². The van der Waals surface area contributed by atoms with E-state index in [-0.39, 0.29) is 42.0 Å². The second-order valence-electron chi connectivity index (χ2n) is 9.29. The van der Waals surface area contributed by atoms with E-state index in [1.807, 2.05) is 0 Å². The van der Waals surface area contributed by atoms with Gasteiger partial charge in [-0.3, -0.25) is 0 Å². The van der Waals surface area contributed by atoms with Crippen molar-refractivity contribution in [2.45, 2.75) is 78.6 Å². The molecule has 0 radical (unpaired) electrons. The van der Waals surface area contributed by atoms with Crippen LogP contribution in [0.5, 0.6) is 0 Å². The molecule has 0 saturated carbocycles. The van der Waals surface area contributed by atoms with Crippen molar-refractivity contribution >= 4 is 19.7 Å². The first kappa shape index (κ1) is 28.5. The molecule has 0 bridgehead atoms. The topological polar surface area (TPSA) is 107 Å². The quantitative estimate of drug-likeness (QED) is 0.393. The van der Waals surface area contributed by atoms with Gasteiger partial charge in [-0.2, -0.15) is 0 Å². The number of rotatable bonds is 12. The highest BCUT2D eigenvalue weighted by molar-refractivity contribution is 8.10. The van der Waals surface area contributed by atoms with Crippen LogP contribution in [0, 0.1) is 0 Å². The zero-order valence-corrected chi connectivity index (χ0v) is 22.5. The van der Waals surface area contributed by atoms with Crippen molar-refractivity contribution in [3.8, 4) is 0 Å². The summed E-state index contributed by atoms with van der Waals surface area (Å²) in [4.78, 5) is -0.152. The summed E-state index contributed by atoms with van der Waals surface area (Å²) >= 11 is 0. The minimum atomic E-state index is -4.40. The fourth-order valence-corrected chi connectivity index (χ4v) is 9.25. The van der Waals surface area contributed by atoms with E-state index in [0.717, 1.165) is 19.3 Å². The Morgan fingerprint density at radius 1 is 1.03 bits per heavy atom. The van der Waals surface area contributed by atoms with Gasteiger partial charge >= 0.3 is 0 Å². The van der Waals surface area contributed by atoms with Gasteiger partial charge in [0.25, 0.3) is 0 Å². The van der Waals surface area contributed by atoms with Gasteiger partial charge in [-0.25, -0.2) is 16.8 Å². The van der Waals surface area contributed by atoms with E-state index in [1.165, 1.54) is 31.2 Å². The van der Waals surface area contributed by atoms with Crippen molar-refractivity contribution in [1.82, 2.24) is 0 Å². The second kappa shape index (κ2) is 12.5. The molecule has 0 aliphatic carbocycles. The minimum Gasteiger partial charge on any atom is -0.393 e. The van der Waals surface area contributed by atoms with E-state index in [4.69, 9.17) is 9.47 Å². The van der Waals surface area contributed by atoms with Gasteiger partial charge in [-0.15, -0.1) is 0 Å². The molecule has 1 heterocycles. The van der Waals surface area contributed by atoms with Gasteiger partial charge in [-0.1, -0.05) is 48.0 Å². The van der Waals surface area contributed by atoms with Crippen molar-refractivity contribution in [3.05, 3.63) is 72.3 Å². The Kier molecular flexibility index (Phi) is 9.88. The molecule has 0 spiro atoms. The third-order valence-corrected chi connectivity index (χ3v) is 12.2. The van der Waals surface area contributed by atoms with E-state index in [2.05, 4.69) is 0 Å². The Balaban J connectivity index is 2.07. The van der Waals surface area contributed by atoms with Gasteiger partial charge in [0, 0.05) is 13.0 Å². The standard InChI is InChI=1S/C27H36O7S2/c1-22(21-34-26-15-9-10-20-33-26)16-18-27(19-17-23(2)28,35(29,30)24-11-5-3-6-12-24)36(31,32)25-13-7-4-8-14-25/h3-8,11-14,16,23,26,28H,9-10,15,17-21H2,1-2H3/b22-16+. The van der Waals surface area contributed by atoms with E-state index in [9.17, 15) is 21.9 Å². The molecule has 7 nitrogen and oxygen atoms in total. The number of benzene rings is 2. The number of sulfone groups is 2. The highest BCUT2D eigenvalue weighted by Gasteiger charge is 2.55. The predicted octanol–water partition coefficient (Wildman–Crippen LogP) is 4.67. The Bertz CT molecular complexity index is 1130. The first-order valence-electron chi connectivity index (χ1n) is 12.3. The van der Waals surface area contributed by atoms with Crippen molar-refractivity contribution < 1.29 is 31.4 Å². The number of ether oxygens (including phenoxy) is 2. The average molecular weight is 537 g/mol. The molecule has 2 unspecified atom stereocenters. The second-order valence-corrected chi connectivity index (χ2v) is 14.1. The highest BCUT2D eigenvalue weighted by atomic mass is 32.3. The number of hydrogen-bond acceptors (Lipinski definition) is 7. The molecular weight excluding hydrogens is 500 g/mol. The molecule has 0 amide bonds. The summed E-state index contributed by atoms with van der Waals surface area (Å²) < 4.78 is 65.8. The summed E-state index contributed by atoms with van der Waals surface area (Å²) in [5.74, 6) is 0. The van der Waals surface area contributed by atoms with E-state index in [0.29, 0.717) is 12.2 Å². The monoisotopic (exact) mass is 536 g/mol. The van der Waals surface area contributed by atoms with Crippen LogP contribution in [0.2, 0.25) is 0 Å². The predicted molar refractivity (Wildman–Crippen MR) is 139 cm³/mol. The number of aliphatic hydroxyl groups excluding tert-OH is 1. The minimum absolute atomic E-state index is 0.00255. The Hall–Kier alpha value is -2.04. The normalized spacial score (nSPS) is 18.6. The first-order valence-corrected chi connectivity index (χ1v) is 15.2. The van der Waals surface area contributed by atoms with Gasteiger partial charge in [0.2, 0.25) is 0 Å². The van der Waals surface area contributed by atoms with Crippen LogP contribution in [-0.4, -0.2) is 51.6 Å². The molecule has 9 heteroatoms. The van der Waals surface area contributed by atoms with Crippen LogP contribution in [0.3, 0.4) is 0 Å². The van der Waals surface area contributed by atoms with Crippen LogP contribution in [0.25, 0.3) is 0 Å². The SMILES string of the molecule is C/C(=C\CC(CCC(C)O)(S(=O)(=O)c1ccccc1)S(=O)(=O)c1ccccc1)COC1CCCCO1. The molecule has 2 aromatic rings. The molecule has 198 valence electrons. The molecule has 0 aromatic heterocycles. The Labute approximate surface area is 215 Å². The molecule has 2 aromatic carbocycles. The van der Waals surface area contributed by atoms with Crippen LogP contribution in [0.15, 0.2) is 82.1 Å². The summed E-state index contributed by atoms with van der Waals surface area (Å²) in [5.41, 5.74) is 0.706. The summed E-state index contributed by atoms with van der Waals surface area (Å²) in [5, 5.41) is 10.1. The molecule has 36 heavy (non-hydrogen) atoms. The van der Waals surface area contributed by atoms with Gasteiger partial charge < -0.3 is 14.6 Å². The maximum Gasteiger partial charge on any atom is 0.199 e. The smallest absolute Gasteiger partial charge is 0.199 e. The number of hydrogen-bond donors (Lipinski definition) is 1.